The van der Waals surface area contributed by atoms with Crippen LogP contribution in [0.4, 0.5) is 0 Å². The van der Waals surface area contributed by atoms with Gasteiger partial charge in [0.2, 0.25) is 0 Å². The van der Waals surface area contributed by atoms with E-state index in [1.54, 1.807) is 17.0 Å². The Morgan fingerprint density at radius 3 is 3.14 bits per heavy atom. The van der Waals surface area contributed by atoms with Crippen molar-refractivity contribution in [2.45, 2.75) is 12.5 Å². The van der Waals surface area contributed by atoms with Crippen LogP contribution in [0.25, 0.3) is 0 Å². The van der Waals surface area contributed by atoms with Gasteiger partial charge in [-0.25, -0.2) is 4.98 Å². The summed E-state index contributed by atoms with van der Waals surface area (Å²) in [5.74, 6) is -0.582. The first kappa shape index (κ1) is 9.21. The lowest BCUT2D eigenvalue weighted by molar-refractivity contribution is -0.143. The van der Waals surface area contributed by atoms with Crippen molar-refractivity contribution in [2.24, 2.45) is 13.0 Å². The average molecular weight is 196 g/mol. The summed E-state index contributed by atoms with van der Waals surface area (Å²) in [6.07, 6.45) is 3.60. The lowest BCUT2D eigenvalue weighted by atomic mass is 10.0. The van der Waals surface area contributed by atoms with Crippen LogP contribution in [0, 0.1) is 5.92 Å². The summed E-state index contributed by atoms with van der Waals surface area (Å²) in [4.78, 5) is 15.0. The van der Waals surface area contributed by atoms with Crippen LogP contribution in [0.3, 0.4) is 0 Å². The van der Waals surface area contributed by atoms with Gasteiger partial charge in [0.05, 0.1) is 5.92 Å². The molecule has 1 fully saturated rings. The average Bonchev–Trinajstić information content (AvgIpc) is 2.70. The van der Waals surface area contributed by atoms with Crippen molar-refractivity contribution in [3.8, 4) is 0 Å². The number of aryl methyl sites for hydroxylation is 1. The zero-order valence-electron chi connectivity index (χ0n) is 7.88. The molecule has 2 atom stereocenters. The number of ether oxygens (including phenoxy) is 1. The molecule has 1 saturated heterocycles. The molecule has 5 heteroatoms. The number of nitrogens with zero attached hydrogens (tertiary/aromatic N) is 2. The highest BCUT2D eigenvalue weighted by atomic mass is 16.5. The first-order valence-electron chi connectivity index (χ1n) is 4.52. The van der Waals surface area contributed by atoms with E-state index >= 15 is 0 Å². The molecule has 1 aliphatic heterocycles. The number of hydrogen-bond acceptors (Lipinski definition) is 3. The maximum absolute atomic E-state index is 10.9. The molecular formula is C9H12N2O3. The molecule has 1 aromatic rings. The molecule has 0 saturated carbocycles. The van der Waals surface area contributed by atoms with Gasteiger partial charge in [-0.15, -0.1) is 0 Å². The van der Waals surface area contributed by atoms with Crippen LogP contribution < -0.4 is 0 Å². The van der Waals surface area contributed by atoms with Gasteiger partial charge in [-0.1, -0.05) is 0 Å². The van der Waals surface area contributed by atoms with Crippen molar-refractivity contribution >= 4 is 5.97 Å². The Hall–Kier alpha value is -1.36. The quantitative estimate of drug-likeness (QED) is 0.751. The van der Waals surface area contributed by atoms with E-state index in [2.05, 4.69) is 4.98 Å². The predicted octanol–water partition coefficient (Wildman–Crippen LogP) is 0.582. The van der Waals surface area contributed by atoms with Gasteiger partial charge in [-0.05, 0) is 6.42 Å². The van der Waals surface area contributed by atoms with E-state index in [0.29, 0.717) is 18.9 Å². The zero-order valence-corrected chi connectivity index (χ0v) is 7.88. The molecule has 1 aromatic heterocycles. The van der Waals surface area contributed by atoms with E-state index in [0.717, 1.165) is 0 Å². The number of carbonyl (C=O) groups is 1. The summed E-state index contributed by atoms with van der Waals surface area (Å²) in [7, 11) is 1.84. The molecule has 0 radical (unpaired) electrons. The Bertz CT molecular complexity index is 348. The second-order valence-electron chi connectivity index (χ2n) is 3.42. The van der Waals surface area contributed by atoms with Crippen molar-refractivity contribution in [1.82, 2.24) is 9.55 Å². The van der Waals surface area contributed by atoms with Crippen LogP contribution in [-0.4, -0.2) is 27.2 Å². The standard InChI is InChI=1S/C9H12N2O3/c1-11-4-3-10-8(11)7-6(9(12)13)2-5-14-7/h3-4,6-7H,2,5H2,1H3,(H,12,13)/t6-,7-/m0/s1. The highest BCUT2D eigenvalue weighted by Gasteiger charge is 2.37. The van der Waals surface area contributed by atoms with Gasteiger partial charge in [-0.3, -0.25) is 4.79 Å². The Morgan fingerprint density at radius 1 is 1.79 bits per heavy atom. The molecule has 5 nitrogen and oxygen atoms in total. The summed E-state index contributed by atoms with van der Waals surface area (Å²) < 4.78 is 7.19. The molecule has 0 aromatic carbocycles. The lowest BCUT2D eigenvalue weighted by Gasteiger charge is -2.14. The van der Waals surface area contributed by atoms with Gasteiger partial charge in [0, 0.05) is 26.0 Å². The highest BCUT2D eigenvalue weighted by molar-refractivity contribution is 5.71. The molecule has 1 aliphatic rings. The minimum Gasteiger partial charge on any atom is -0.481 e. The lowest BCUT2D eigenvalue weighted by Crippen LogP contribution is -2.20. The number of aliphatic carboxylic acids is 1. The highest BCUT2D eigenvalue weighted by Crippen LogP contribution is 2.33. The largest absolute Gasteiger partial charge is 0.481 e. The zero-order chi connectivity index (χ0) is 10.1. The molecule has 1 N–H and O–H groups in total. The third-order valence-corrected chi connectivity index (χ3v) is 2.52. The van der Waals surface area contributed by atoms with Gasteiger partial charge in [0.1, 0.15) is 11.9 Å². The molecule has 0 spiro atoms. The van der Waals surface area contributed by atoms with Gasteiger partial charge in [-0.2, -0.15) is 0 Å². The molecule has 0 amide bonds. The van der Waals surface area contributed by atoms with Crippen molar-refractivity contribution in [1.29, 1.82) is 0 Å². The minimum absolute atomic E-state index is 0.396. The molecule has 2 rings (SSSR count). The fraction of sp³-hybridized carbons (Fsp3) is 0.556. The van der Waals surface area contributed by atoms with E-state index in [1.165, 1.54) is 0 Å². The van der Waals surface area contributed by atoms with Gasteiger partial charge in [0.15, 0.2) is 0 Å². The molecule has 0 aliphatic carbocycles. The number of aromatic nitrogens is 2. The number of carboxylic acids is 1. The van der Waals surface area contributed by atoms with Gasteiger partial charge < -0.3 is 14.4 Å². The number of rotatable bonds is 2. The first-order valence-corrected chi connectivity index (χ1v) is 4.52. The van der Waals surface area contributed by atoms with Crippen molar-refractivity contribution in [3.05, 3.63) is 18.2 Å². The van der Waals surface area contributed by atoms with E-state index in [1.807, 2.05) is 7.05 Å². The van der Waals surface area contributed by atoms with Gasteiger partial charge in [0.25, 0.3) is 0 Å². The third-order valence-electron chi connectivity index (χ3n) is 2.52. The molecule has 14 heavy (non-hydrogen) atoms. The van der Waals surface area contributed by atoms with Crippen LogP contribution in [-0.2, 0) is 16.6 Å². The predicted molar refractivity (Wildman–Crippen MR) is 47.6 cm³/mol. The SMILES string of the molecule is Cn1ccnc1[C@H]1OCC[C@@H]1C(=O)O. The molecule has 0 unspecified atom stereocenters. The maximum atomic E-state index is 10.9. The fourth-order valence-electron chi connectivity index (χ4n) is 1.75. The van der Waals surface area contributed by atoms with E-state index in [9.17, 15) is 4.79 Å². The topological polar surface area (TPSA) is 64.4 Å². The molecule has 0 bridgehead atoms. The van der Waals surface area contributed by atoms with Crippen LogP contribution >= 0.6 is 0 Å². The Balaban J connectivity index is 2.26. The number of hydrogen-bond donors (Lipinski definition) is 1. The maximum Gasteiger partial charge on any atom is 0.309 e. The van der Waals surface area contributed by atoms with Crippen LogP contribution in [0.2, 0.25) is 0 Å². The van der Waals surface area contributed by atoms with Crippen molar-refractivity contribution in [2.75, 3.05) is 6.61 Å². The van der Waals surface area contributed by atoms with Crippen molar-refractivity contribution in [3.63, 3.8) is 0 Å². The fourth-order valence-corrected chi connectivity index (χ4v) is 1.75. The van der Waals surface area contributed by atoms with Crippen LogP contribution in [0.15, 0.2) is 12.4 Å². The van der Waals surface area contributed by atoms with Crippen molar-refractivity contribution < 1.29 is 14.6 Å². The second-order valence-corrected chi connectivity index (χ2v) is 3.42. The molecular weight excluding hydrogens is 184 g/mol. The van der Waals surface area contributed by atoms with Crippen LogP contribution in [0.1, 0.15) is 18.3 Å². The monoisotopic (exact) mass is 196 g/mol. The summed E-state index contributed by atoms with van der Waals surface area (Å²) in [6.45, 7) is 0.495. The Morgan fingerprint density at radius 2 is 2.57 bits per heavy atom. The van der Waals surface area contributed by atoms with E-state index in [4.69, 9.17) is 9.84 Å². The van der Waals surface area contributed by atoms with Crippen LogP contribution in [0.5, 0.6) is 0 Å². The Kier molecular flexibility index (Phi) is 2.25. The summed E-state index contributed by atoms with van der Waals surface area (Å²) in [6, 6.07) is 0. The van der Waals surface area contributed by atoms with Gasteiger partial charge >= 0.3 is 5.97 Å². The molecule has 76 valence electrons. The Labute approximate surface area is 81.3 Å². The minimum atomic E-state index is -0.810. The summed E-state index contributed by atoms with van der Waals surface area (Å²) in [5.41, 5.74) is 0. The van der Waals surface area contributed by atoms with E-state index in [-0.39, 0.29) is 0 Å². The second kappa shape index (κ2) is 3.42. The van der Waals surface area contributed by atoms with E-state index < -0.39 is 18.0 Å². The third kappa shape index (κ3) is 1.39. The normalized spacial score (nSPS) is 26.6. The number of carboxylic acid groups (broad SMARTS) is 1. The molecule has 2 heterocycles. The smallest absolute Gasteiger partial charge is 0.309 e. The summed E-state index contributed by atoms with van der Waals surface area (Å²) >= 11 is 0. The first-order chi connectivity index (χ1) is 6.70. The number of imidazole rings is 1. The summed E-state index contributed by atoms with van der Waals surface area (Å²) in [5, 5.41) is 8.96.